The van der Waals surface area contributed by atoms with E-state index in [2.05, 4.69) is 4.98 Å². The quantitative estimate of drug-likeness (QED) is 0.697. The van der Waals surface area contributed by atoms with Gasteiger partial charge in [0.25, 0.3) is 5.56 Å². The number of hydrogen-bond acceptors (Lipinski definition) is 5. The highest BCUT2D eigenvalue weighted by molar-refractivity contribution is 7.18. The predicted molar refractivity (Wildman–Crippen MR) is 80.4 cm³/mol. The number of para-hydroxylation sites is 1. The molecule has 0 unspecified atom stereocenters. The highest BCUT2D eigenvalue weighted by atomic mass is 32.1. The average Bonchev–Trinajstić information content (AvgIpc) is 2.90. The SMILES string of the molecule is Cn1ccc(C(=O)OCc2nc3ccccc3s2)cc1=O. The first-order valence-electron chi connectivity index (χ1n) is 6.32. The van der Waals surface area contributed by atoms with E-state index in [4.69, 9.17) is 4.74 Å². The molecule has 5 nitrogen and oxygen atoms in total. The van der Waals surface area contributed by atoms with Crippen molar-refractivity contribution >= 4 is 27.5 Å². The van der Waals surface area contributed by atoms with Crippen LogP contribution in [0, 0.1) is 0 Å². The van der Waals surface area contributed by atoms with E-state index < -0.39 is 5.97 Å². The van der Waals surface area contributed by atoms with Gasteiger partial charge in [0.15, 0.2) is 0 Å². The minimum atomic E-state index is -0.521. The molecule has 0 aliphatic heterocycles. The Kier molecular flexibility index (Phi) is 3.53. The van der Waals surface area contributed by atoms with Crippen molar-refractivity contribution in [1.82, 2.24) is 9.55 Å². The molecule has 6 heteroatoms. The van der Waals surface area contributed by atoms with Gasteiger partial charge in [0.1, 0.15) is 11.6 Å². The number of aromatic nitrogens is 2. The first kappa shape index (κ1) is 13.5. The zero-order valence-electron chi connectivity index (χ0n) is 11.3. The third-order valence-corrected chi connectivity index (χ3v) is 4.01. The first-order chi connectivity index (χ1) is 10.1. The summed E-state index contributed by atoms with van der Waals surface area (Å²) in [7, 11) is 1.62. The molecule has 0 aliphatic rings. The van der Waals surface area contributed by atoms with Crippen molar-refractivity contribution in [1.29, 1.82) is 0 Å². The molecule has 0 radical (unpaired) electrons. The summed E-state index contributed by atoms with van der Waals surface area (Å²) in [6.07, 6.45) is 1.54. The summed E-state index contributed by atoms with van der Waals surface area (Å²) in [6.45, 7) is 0.105. The van der Waals surface area contributed by atoms with Crippen LogP contribution in [0.4, 0.5) is 0 Å². The maximum Gasteiger partial charge on any atom is 0.338 e. The lowest BCUT2D eigenvalue weighted by Crippen LogP contribution is -2.17. The molecule has 3 rings (SSSR count). The number of esters is 1. The molecular formula is C15H12N2O3S. The second kappa shape index (κ2) is 5.49. The van der Waals surface area contributed by atoms with E-state index >= 15 is 0 Å². The van der Waals surface area contributed by atoms with Gasteiger partial charge in [-0.05, 0) is 18.2 Å². The molecule has 0 N–H and O–H groups in total. The van der Waals surface area contributed by atoms with Crippen molar-refractivity contribution in [2.75, 3.05) is 0 Å². The Bertz CT molecular complexity index is 833. The van der Waals surface area contributed by atoms with Crippen LogP contribution in [0.5, 0.6) is 0 Å². The van der Waals surface area contributed by atoms with E-state index in [0.29, 0.717) is 0 Å². The molecule has 0 saturated heterocycles. The molecule has 0 amide bonds. The normalized spacial score (nSPS) is 10.7. The van der Waals surface area contributed by atoms with Crippen LogP contribution in [0.2, 0.25) is 0 Å². The number of carbonyl (C=O) groups is 1. The largest absolute Gasteiger partial charge is 0.455 e. The molecule has 0 bridgehead atoms. The Morgan fingerprint density at radius 1 is 1.33 bits per heavy atom. The number of aryl methyl sites for hydroxylation is 1. The van der Waals surface area contributed by atoms with E-state index in [-0.39, 0.29) is 17.7 Å². The fraction of sp³-hybridized carbons (Fsp3) is 0.133. The van der Waals surface area contributed by atoms with Crippen LogP contribution in [0.15, 0.2) is 47.4 Å². The Morgan fingerprint density at radius 3 is 2.90 bits per heavy atom. The van der Waals surface area contributed by atoms with E-state index in [0.717, 1.165) is 15.2 Å². The number of nitrogens with zero attached hydrogens (tertiary/aromatic N) is 2. The average molecular weight is 300 g/mol. The maximum absolute atomic E-state index is 11.9. The van der Waals surface area contributed by atoms with Crippen molar-refractivity contribution in [3.05, 3.63) is 63.5 Å². The zero-order chi connectivity index (χ0) is 14.8. The smallest absolute Gasteiger partial charge is 0.338 e. The van der Waals surface area contributed by atoms with Gasteiger partial charge in [-0.15, -0.1) is 11.3 Å². The first-order valence-corrected chi connectivity index (χ1v) is 7.13. The number of benzene rings is 1. The summed E-state index contributed by atoms with van der Waals surface area (Å²) >= 11 is 1.49. The van der Waals surface area contributed by atoms with Gasteiger partial charge in [0, 0.05) is 19.3 Å². The number of hydrogen-bond donors (Lipinski definition) is 0. The maximum atomic E-state index is 11.9. The molecule has 3 aromatic rings. The fourth-order valence-corrected chi connectivity index (χ4v) is 2.75. The van der Waals surface area contributed by atoms with Gasteiger partial charge in [0.05, 0.1) is 15.8 Å². The van der Waals surface area contributed by atoms with Crippen LogP contribution >= 0.6 is 11.3 Å². The monoisotopic (exact) mass is 300 g/mol. The topological polar surface area (TPSA) is 61.2 Å². The van der Waals surface area contributed by atoms with Crippen LogP contribution < -0.4 is 5.56 Å². The summed E-state index contributed by atoms with van der Waals surface area (Å²) in [4.78, 5) is 27.8. The van der Waals surface area contributed by atoms with Crippen LogP contribution in [-0.2, 0) is 18.4 Å². The molecular weight excluding hydrogens is 288 g/mol. The third-order valence-electron chi connectivity index (χ3n) is 3.00. The van der Waals surface area contributed by atoms with Crippen molar-refractivity contribution in [2.24, 2.45) is 7.05 Å². The minimum Gasteiger partial charge on any atom is -0.455 e. The van der Waals surface area contributed by atoms with Gasteiger partial charge < -0.3 is 9.30 Å². The summed E-state index contributed by atoms with van der Waals surface area (Å²) in [5.74, 6) is -0.521. The van der Waals surface area contributed by atoms with Gasteiger partial charge >= 0.3 is 5.97 Å². The Balaban J connectivity index is 1.73. The second-order valence-corrected chi connectivity index (χ2v) is 5.63. The fourth-order valence-electron chi connectivity index (χ4n) is 1.87. The molecule has 106 valence electrons. The van der Waals surface area contributed by atoms with Gasteiger partial charge in [-0.1, -0.05) is 12.1 Å². The lowest BCUT2D eigenvalue weighted by Gasteiger charge is -2.03. The molecule has 0 saturated carbocycles. The number of ether oxygens (including phenoxy) is 1. The highest BCUT2D eigenvalue weighted by Gasteiger charge is 2.10. The number of carbonyl (C=O) groups excluding carboxylic acids is 1. The van der Waals surface area contributed by atoms with Crippen molar-refractivity contribution in [2.45, 2.75) is 6.61 Å². The van der Waals surface area contributed by atoms with E-state index in [1.54, 1.807) is 13.1 Å². The van der Waals surface area contributed by atoms with Gasteiger partial charge in [-0.3, -0.25) is 4.79 Å². The zero-order valence-corrected chi connectivity index (χ0v) is 12.1. The van der Waals surface area contributed by atoms with Crippen LogP contribution in [-0.4, -0.2) is 15.5 Å². The van der Waals surface area contributed by atoms with Crippen LogP contribution in [0.25, 0.3) is 10.2 Å². The molecule has 21 heavy (non-hydrogen) atoms. The van der Waals surface area contributed by atoms with Gasteiger partial charge in [-0.25, -0.2) is 9.78 Å². The van der Waals surface area contributed by atoms with Crippen molar-refractivity contribution in [3.8, 4) is 0 Å². The van der Waals surface area contributed by atoms with Gasteiger partial charge in [0.2, 0.25) is 0 Å². The van der Waals surface area contributed by atoms with E-state index in [1.807, 2.05) is 24.3 Å². The Morgan fingerprint density at radius 2 is 2.14 bits per heavy atom. The van der Waals surface area contributed by atoms with Gasteiger partial charge in [-0.2, -0.15) is 0 Å². The van der Waals surface area contributed by atoms with Crippen LogP contribution in [0.3, 0.4) is 0 Å². The standard InChI is InChI=1S/C15H12N2O3S/c1-17-7-6-10(8-14(17)18)15(19)20-9-13-16-11-4-2-3-5-12(11)21-13/h2-8H,9H2,1H3. The van der Waals surface area contributed by atoms with E-state index in [1.165, 1.54) is 28.2 Å². The number of fused-ring (bicyclic) bond motifs is 1. The molecule has 1 aromatic carbocycles. The predicted octanol–water partition coefficient (Wildman–Crippen LogP) is 2.35. The summed E-state index contributed by atoms with van der Waals surface area (Å²) in [6, 6.07) is 10.6. The summed E-state index contributed by atoms with van der Waals surface area (Å²) in [5, 5.41) is 0.730. The lowest BCUT2D eigenvalue weighted by molar-refractivity contribution is 0.0472. The second-order valence-electron chi connectivity index (χ2n) is 4.52. The summed E-state index contributed by atoms with van der Waals surface area (Å²) < 4.78 is 7.65. The molecule has 0 aliphatic carbocycles. The number of pyridine rings is 1. The Hall–Kier alpha value is -2.47. The third kappa shape index (κ3) is 2.85. The molecule has 2 aromatic heterocycles. The van der Waals surface area contributed by atoms with Crippen molar-refractivity contribution in [3.63, 3.8) is 0 Å². The minimum absolute atomic E-state index is 0.105. The molecule has 0 atom stereocenters. The molecule has 0 spiro atoms. The summed E-state index contributed by atoms with van der Waals surface area (Å²) in [5.41, 5.74) is 0.894. The highest BCUT2D eigenvalue weighted by Crippen LogP contribution is 2.22. The number of thiazole rings is 1. The lowest BCUT2D eigenvalue weighted by atomic mass is 10.3. The Labute approximate surface area is 124 Å². The molecule has 2 heterocycles. The van der Waals surface area contributed by atoms with E-state index in [9.17, 15) is 9.59 Å². The van der Waals surface area contributed by atoms with Crippen LogP contribution in [0.1, 0.15) is 15.4 Å². The van der Waals surface area contributed by atoms with Crippen molar-refractivity contribution < 1.29 is 9.53 Å². The molecule has 0 fully saturated rings. The number of rotatable bonds is 3.